The number of nitrogens with zero attached hydrogens (tertiary/aromatic N) is 1. The average Bonchev–Trinajstić information content (AvgIpc) is 3.01. The number of carbonyl (C=O) groups excluding carboxylic acids is 1. The van der Waals surface area contributed by atoms with Gasteiger partial charge in [-0.2, -0.15) is 0 Å². The third kappa shape index (κ3) is 4.63. The number of hydrogen-bond acceptors (Lipinski definition) is 3. The van der Waals surface area contributed by atoms with Gasteiger partial charge in [-0.25, -0.2) is 0 Å². The van der Waals surface area contributed by atoms with Crippen molar-refractivity contribution in [3.8, 4) is 5.75 Å². The summed E-state index contributed by atoms with van der Waals surface area (Å²) < 4.78 is 5.86. The van der Waals surface area contributed by atoms with E-state index in [2.05, 4.69) is 31.2 Å². The predicted octanol–water partition coefficient (Wildman–Crippen LogP) is 3.05. The highest BCUT2D eigenvalue weighted by Crippen LogP contribution is 2.20. The third-order valence-corrected chi connectivity index (χ3v) is 4.66. The first kappa shape index (κ1) is 18.0. The van der Waals surface area contributed by atoms with Crippen molar-refractivity contribution in [3.63, 3.8) is 0 Å². The van der Waals surface area contributed by atoms with Crippen LogP contribution in [0.3, 0.4) is 0 Å². The third-order valence-electron chi connectivity index (χ3n) is 4.66. The quantitative estimate of drug-likeness (QED) is 0.831. The van der Waals surface area contributed by atoms with Crippen LogP contribution in [0.5, 0.6) is 5.75 Å². The Morgan fingerprint density at radius 3 is 2.65 bits per heavy atom. The van der Waals surface area contributed by atoms with Crippen LogP contribution in [0.25, 0.3) is 0 Å². The fraction of sp³-hybridized carbons (Fsp3) is 0.333. The Morgan fingerprint density at radius 1 is 1.19 bits per heavy atom. The van der Waals surface area contributed by atoms with Gasteiger partial charge in [-0.1, -0.05) is 42.0 Å². The summed E-state index contributed by atoms with van der Waals surface area (Å²) in [6.45, 7) is 3.40. The molecule has 1 N–H and O–H groups in total. The van der Waals surface area contributed by atoms with Crippen LogP contribution in [0.4, 0.5) is 0 Å². The number of carboxylic acids is 1. The summed E-state index contributed by atoms with van der Waals surface area (Å²) >= 11 is 0. The lowest BCUT2D eigenvalue weighted by atomic mass is 10.1. The van der Waals surface area contributed by atoms with Crippen LogP contribution in [0.15, 0.2) is 48.5 Å². The minimum absolute atomic E-state index is 0.0795. The Bertz CT molecular complexity index is 785. The van der Waals surface area contributed by atoms with Gasteiger partial charge >= 0.3 is 5.97 Å². The van der Waals surface area contributed by atoms with Crippen LogP contribution in [-0.2, 0) is 22.6 Å². The highest BCUT2D eigenvalue weighted by molar-refractivity contribution is 5.86. The predicted molar refractivity (Wildman–Crippen MR) is 98.0 cm³/mol. The molecule has 1 saturated heterocycles. The molecule has 0 aromatic heterocycles. The number of hydrogen-bond donors (Lipinski definition) is 1. The van der Waals surface area contributed by atoms with Crippen LogP contribution >= 0.6 is 0 Å². The molecule has 0 radical (unpaired) electrons. The van der Waals surface area contributed by atoms with Crippen molar-refractivity contribution in [1.82, 2.24) is 4.90 Å². The Kier molecular flexibility index (Phi) is 5.56. The zero-order valence-corrected chi connectivity index (χ0v) is 14.9. The molecular weight excluding hydrogens is 330 g/mol. The summed E-state index contributed by atoms with van der Waals surface area (Å²) in [5.74, 6) is -0.762. The van der Waals surface area contributed by atoms with E-state index in [0.717, 1.165) is 16.9 Å². The minimum Gasteiger partial charge on any atom is -0.489 e. The highest BCUT2D eigenvalue weighted by atomic mass is 16.5. The van der Waals surface area contributed by atoms with Gasteiger partial charge in [0.15, 0.2) is 0 Å². The summed E-state index contributed by atoms with van der Waals surface area (Å²) in [4.78, 5) is 24.6. The molecule has 1 aliphatic heterocycles. The number of likely N-dealkylation sites (tertiary alicyclic amines) is 1. The molecule has 2 aromatic rings. The fourth-order valence-corrected chi connectivity index (χ4v) is 3.06. The first-order valence-electron chi connectivity index (χ1n) is 8.79. The molecule has 3 rings (SSSR count). The monoisotopic (exact) mass is 353 g/mol. The van der Waals surface area contributed by atoms with Gasteiger partial charge in [-0.3, -0.25) is 9.59 Å². The average molecular weight is 353 g/mol. The lowest BCUT2D eigenvalue weighted by molar-refractivity contribution is -0.141. The van der Waals surface area contributed by atoms with Gasteiger partial charge in [-0.05, 0) is 36.6 Å². The van der Waals surface area contributed by atoms with E-state index >= 15 is 0 Å². The normalized spacial score (nSPS) is 16.7. The molecular formula is C21H23NO4. The first-order valence-corrected chi connectivity index (χ1v) is 8.79. The molecule has 0 bridgehead atoms. The van der Waals surface area contributed by atoms with Gasteiger partial charge < -0.3 is 14.7 Å². The molecule has 26 heavy (non-hydrogen) atoms. The second-order valence-corrected chi connectivity index (χ2v) is 6.75. The van der Waals surface area contributed by atoms with E-state index < -0.39 is 11.9 Å². The maximum absolute atomic E-state index is 11.9. The van der Waals surface area contributed by atoms with Crippen molar-refractivity contribution in [2.24, 2.45) is 5.92 Å². The molecule has 2 aromatic carbocycles. The van der Waals surface area contributed by atoms with E-state index in [-0.39, 0.29) is 12.3 Å². The Hall–Kier alpha value is -2.82. The number of carboxylic acid groups (broad SMARTS) is 1. The maximum Gasteiger partial charge on any atom is 0.308 e. The summed E-state index contributed by atoms with van der Waals surface area (Å²) in [6.07, 6.45) is 0.787. The van der Waals surface area contributed by atoms with Gasteiger partial charge in [0.05, 0.1) is 5.92 Å². The van der Waals surface area contributed by atoms with E-state index in [0.29, 0.717) is 26.1 Å². The molecule has 0 saturated carbocycles. The van der Waals surface area contributed by atoms with Gasteiger partial charge in [-0.15, -0.1) is 0 Å². The standard InChI is InChI=1S/C21H23NO4/c1-15-5-7-17(8-6-15)14-26-19-4-2-3-16(11-19)9-10-22-13-18(21(24)25)12-20(22)23/h2-8,11,18H,9-10,12-14H2,1H3,(H,24,25). The molecule has 1 aliphatic rings. The van der Waals surface area contributed by atoms with E-state index in [1.54, 1.807) is 4.90 Å². The van der Waals surface area contributed by atoms with Crippen LogP contribution in [0.1, 0.15) is 23.1 Å². The molecule has 1 unspecified atom stereocenters. The van der Waals surface area contributed by atoms with E-state index in [4.69, 9.17) is 9.84 Å². The van der Waals surface area contributed by atoms with E-state index in [9.17, 15) is 9.59 Å². The number of aliphatic carboxylic acids is 1. The number of benzene rings is 2. The summed E-state index contributed by atoms with van der Waals surface area (Å²) in [5, 5.41) is 9.04. The van der Waals surface area contributed by atoms with Crippen LogP contribution in [0.2, 0.25) is 0 Å². The Morgan fingerprint density at radius 2 is 1.96 bits per heavy atom. The summed E-state index contributed by atoms with van der Waals surface area (Å²) in [7, 11) is 0. The topological polar surface area (TPSA) is 66.8 Å². The molecule has 5 nitrogen and oxygen atoms in total. The SMILES string of the molecule is Cc1ccc(COc2cccc(CCN3CC(C(=O)O)CC3=O)c2)cc1. The molecule has 5 heteroatoms. The Labute approximate surface area is 153 Å². The van der Waals surface area contributed by atoms with E-state index in [1.807, 2.05) is 24.3 Å². The zero-order valence-electron chi connectivity index (χ0n) is 14.9. The highest BCUT2D eigenvalue weighted by Gasteiger charge is 2.33. The van der Waals surface area contributed by atoms with Crippen molar-refractivity contribution in [3.05, 3.63) is 65.2 Å². The second kappa shape index (κ2) is 8.04. The van der Waals surface area contributed by atoms with Crippen LogP contribution in [0, 0.1) is 12.8 Å². The molecule has 1 atom stereocenters. The van der Waals surface area contributed by atoms with Gasteiger partial charge in [0.25, 0.3) is 0 Å². The smallest absolute Gasteiger partial charge is 0.308 e. The van der Waals surface area contributed by atoms with Gasteiger partial charge in [0, 0.05) is 19.5 Å². The molecule has 136 valence electrons. The van der Waals surface area contributed by atoms with Crippen molar-refractivity contribution in [2.75, 3.05) is 13.1 Å². The minimum atomic E-state index is -0.896. The lowest BCUT2D eigenvalue weighted by Crippen LogP contribution is -2.28. The number of aryl methyl sites for hydroxylation is 1. The second-order valence-electron chi connectivity index (χ2n) is 6.75. The van der Waals surface area contributed by atoms with Crippen LogP contribution < -0.4 is 4.74 Å². The fourth-order valence-electron chi connectivity index (χ4n) is 3.06. The number of amides is 1. The molecule has 0 aliphatic carbocycles. The van der Waals surface area contributed by atoms with Crippen molar-refractivity contribution in [2.45, 2.75) is 26.4 Å². The summed E-state index contributed by atoms with van der Waals surface area (Å²) in [5.41, 5.74) is 3.40. The van der Waals surface area contributed by atoms with E-state index in [1.165, 1.54) is 5.56 Å². The van der Waals surface area contributed by atoms with Crippen molar-refractivity contribution < 1.29 is 19.4 Å². The lowest BCUT2D eigenvalue weighted by Gasteiger charge is -2.16. The summed E-state index contributed by atoms with van der Waals surface area (Å²) in [6, 6.07) is 16.1. The Balaban J connectivity index is 1.53. The molecule has 0 spiro atoms. The number of rotatable bonds is 7. The van der Waals surface area contributed by atoms with Crippen LogP contribution in [-0.4, -0.2) is 35.0 Å². The molecule has 1 fully saturated rings. The largest absolute Gasteiger partial charge is 0.489 e. The van der Waals surface area contributed by atoms with Gasteiger partial charge in [0.1, 0.15) is 12.4 Å². The molecule has 1 heterocycles. The number of ether oxygens (including phenoxy) is 1. The van der Waals surface area contributed by atoms with Crippen molar-refractivity contribution in [1.29, 1.82) is 0 Å². The molecule has 1 amide bonds. The van der Waals surface area contributed by atoms with Crippen molar-refractivity contribution >= 4 is 11.9 Å². The maximum atomic E-state index is 11.9. The first-order chi connectivity index (χ1) is 12.5. The number of carbonyl (C=O) groups is 2. The van der Waals surface area contributed by atoms with Gasteiger partial charge in [0.2, 0.25) is 5.91 Å². The zero-order chi connectivity index (χ0) is 18.5.